The number of hydrogen-bond acceptors (Lipinski definition) is 0. The van der Waals surface area contributed by atoms with Gasteiger partial charge >= 0.3 is 0 Å². The van der Waals surface area contributed by atoms with E-state index in [4.69, 9.17) is 0 Å². The molecule has 0 N–H and O–H groups in total. The molecule has 4 heteroatoms. The van der Waals surface area contributed by atoms with Crippen molar-refractivity contribution in [2.45, 2.75) is 91.4 Å². The van der Waals surface area contributed by atoms with Crippen LogP contribution in [0.4, 0.5) is 0 Å². The molecule has 1 saturated carbocycles. The van der Waals surface area contributed by atoms with E-state index in [0.717, 1.165) is 0 Å². The summed E-state index contributed by atoms with van der Waals surface area (Å²) in [6.45, 7) is 23.9. The van der Waals surface area contributed by atoms with Gasteiger partial charge in [0.15, 0.2) is 12.4 Å². The molecule has 13 rings (SSSR count). The predicted molar refractivity (Wildman–Crippen MR) is 335 cm³/mol. The Labute approximate surface area is 466 Å². The highest BCUT2D eigenvalue weighted by molar-refractivity contribution is 7.16. The molecule has 78 heavy (non-hydrogen) atoms. The van der Waals surface area contributed by atoms with E-state index < -0.39 is 16.1 Å². The van der Waals surface area contributed by atoms with Gasteiger partial charge in [-0.1, -0.05) is 225 Å². The van der Waals surface area contributed by atoms with E-state index in [1.165, 1.54) is 113 Å². The van der Waals surface area contributed by atoms with Gasteiger partial charge in [0.1, 0.15) is 30.2 Å². The average Bonchev–Trinajstić information content (AvgIpc) is 3.98. The van der Waals surface area contributed by atoms with Crippen molar-refractivity contribution in [1.29, 1.82) is 0 Å². The number of benzene rings is 8. The Hall–Kier alpha value is -7.51. The zero-order chi connectivity index (χ0) is 54.5. The van der Waals surface area contributed by atoms with E-state index in [9.17, 15) is 0 Å². The Morgan fingerprint density at radius 3 is 1.23 bits per heavy atom. The number of nitrogens with zero attached hydrogens (tertiary/aromatic N) is 2. The smallest absolute Gasteiger partial charge is 0.200 e. The Morgan fingerprint density at radius 2 is 0.731 bits per heavy atom. The normalized spacial score (nSPS) is 15.5. The Bertz CT molecular complexity index is 3760. The molecule has 2 aliphatic carbocycles. The van der Waals surface area contributed by atoms with Crippen LogP contribution in [0.1, 0.15) is 71.2 Å². The van der Waals surface area contributed by atoms with Crippen molar-refractivity contribution in [3.63, 3.8) is 0 Å². The van der Waals surface area contributed by atoms with Crippen LogP contribution in [-0.4, -0.2) is 16.1 Å². The Kier molecular flexibility index (Phi) is 12.6. The summed E-state index contributed by atoms with van der Waals surface area (Å²) in [6.07, 6.45) is 7.17. The fraction of sp³-hybridized carbons (Fsp3) is 0.216. The number of aromatic nitrogens is 2. The standard InChI is InChI=1S/C38H36N.C36H38NSi2/c1-25-21-28(27-11-7-6-8-12-27)15-17-30(25)36-22-26(2)31(24-39(36)5)29-16-18-33-35(23-29)38(19-20-38)34-14-10-9-13-32(34)37(33,3)4;1-25-21-28(27-13-9-8-10-14-27)17-19-30(25)32-22-26(2)31(24-37(32)3)29-18-20-35-36(23-29)39(6,7)34-16-12-11-15-33(34)38(35,4)5/h6-18,21-24H,19-20H2,1-5H3;8-24H,1-7H3/q2*+1. The van der Waals surface area contributed by atoms with Crippen LogP contribution in [0.25, 0.3) is 67.0 Å². The van der Waals surface area contributed by atoms with Gasteiger partial charge in [0.05, 0.1) is 0 Å². The summed E-state index contributed by atoms with van der Waals surface area (Å²) in [5.41, 5.74) is 27.0. The summed E-state index contributed by atoms with van der Waals surface area (Å²) >= 11 is 0. The lowest BCUT2D eigenvalue weighted by Crippen LogP contribution is -2.77. The van der Waals surface area contributed by atoms with Crippen molar-refractivity contribution >= 4 is 36.9 Å². The first-order valence-corrected chi connectivity index (χ1v) is 34.2. The summed E-state index contributed by atoms with van der Waals surface area (Å²) in [4.78, 5) is 0. The zero-order valence-electron chi connectivity index (χ0n) is 47.9. The molecule has 2 aromatic heterocycles. The Morgan fingerprint density at radius 1 is 0.333 bits per heavy atom. The van der Waals surface area contributed by atoms with Crippen LogP contribution in [0.5, 0.6) is 0 Å². The molecule has 1 spiro atoms. The number of aryl methyl sites for hydroxylation is 6. The first kappa shape index (κ1) is 51.3. The minimum absolute atomic E-state index is 0.0192. The van der Waals surface area contributed by atoms with Gasteiger partial charge in [-0.05, 0) is 137 Å². The molecule has 386 valence electrons. The van der Waals surface area contributed by atoms with Crippen molar-refractivity contribution in [1.82, 2.24) is 0 Å². The van der Waals surface area contributed by atoms with E-state index in [1.807, 2.05) is 0 Å². The van der Waals surface area contributed by atoms with Crippen LogP contribution < -0.4 is 29.9 Å². The maximum Gasteiger partial charge on any atom is 0.212 e. The quantitative estimate of drug-likeness (QED) is 0.116. The molecule has 10 aromatic rings. The molecule has 1 aliphatic heterocycles. The van der Waals surface area contributed by atoms with Gasteiger partial charge in [0.2, 0.25) is 11.4 Å². The molecule has 1 fully saturated rings. The van der Waals surface area contributed by atoms with Crippen LogP contribution >= 0.6 is 0 Å². The van der Waals surface area contributed by atoms with E-state index in [1.54, 1.807) is 31.9 Å². The number of hydrogen-bond donors (Lipinski definition) is 0. The summed E-state index contributed by atoms with van der Waals surface area (Å²) in [5, 5.41) is 6.55. The van der Waals surface area contributed by atoms with Crippen LogP contribution in [0.3, 0.4) is 0 Å². The molecular weight excluding hydrogens is 973 g/mol. The average molecular weight is 1050 g/mol. The molecular formula is C74H74N2Si2+2. The van der Waals surface area contributed by atoms with Crippen LogP contribution in [0, 0.1) is 27.7 Å². The monoisotopic (exact) mass is 1050 g/mol. The van der Waals surface area contributed by atoms with E-state index in [0.29, 0.717) is 0 Å². The molecule has 3 aliphatic rings. The molecule has 0 unspecified atom stereocenters. The third kappa shape index (κ3) is 8.51. The van der Waals surface area contributed by atoms with Crippen molar-refractivity contribution in [3.05, 3.63) is 251 Å². The lowest BCUT2D eigenvalue weighted by atomic mass is 9.63. The van der Waals surface area contributed by atoms with Gasteiger partial charge in [-0.3, -0.25) is 0 Å². The molecule has 2 nitrogen and oxygen atoms in total. The van der Waals surface area contributed by atoms with E-state index >= 15 is 0 Å². The van der Waals surface area contributed by atoms with Crippen LogP contribution in [-0.2, 0) is 24.9 Å². The molecule has 8 aromatic carbocycles. The van der Waals surface area contributed by atoms with E-state index in [-0.39, 0.29) is 10.8 Å². The number of fused-ring (bicyclic) bond motifs is 6. The second-order valence-corrected chi connectivity index (χ2v) is 33.2. The highest BCUT2D eigenvalue weighted by atomic mass is 28.3. The number of pyridine rings is 2. The maximum atomic E-state index is 2.55. The van der Waals surface area contributed by atoms with Gasteiger partial charge in [0.25, 0.3) is 0 Å². The first-order chi connectivity index (χ1) is 37.4. The number of rotatable bonds is 6. The second kappa shape index (κ2) is 19.1. The SMILES string of the molecule is Cc1cc(-c2ccc(-c3ccccc3)cc2C)[n+](C)cc1-c1ccc2c(c1)C1(CC1)c1ccccc1C2(C)C.Cc1cc(-c2ccc(-c3ccccc3)cc2C)[n+](C)cc1-c1ccc2c(c1)[Si](C)(C)c1ccccc1[Si]2(C)C. The maximum absolute atomic E-state index is 2.55. The Balaban J connectivity index is 0.000000156. The van der Waals surface area contributed by atoms with Crippen molar-refractivity contribution in [2.24, 2.45) is 14.1 Å². The second-order valence-electron chi connectivity index (χ2n) is 24.6. The minimum Gasteiger partial charge on any atom is -0.200 e. The topological polar surface area (TPSA) is 7.76 Å². The summed E-state index contributed by atoms with van der Waals surface area (Å²) in [6, 6.07) is 72.8. The third-order valence-corrected chi connectivity index (χ3v) is 26.1. The van der Waals surface area contributed by atoms with Crippen LogP contribution in [0.15, 0.2) is 207 Å². The van der Waals surface area contributed by atoms with Gasteiger partial charge in [-0.2, -0.15) is 0 Å². The predicted octanol–water partition coefficient (Wildman–Crippen LogP) is 14.9. The lowest BCUT2D eigenvalue weighted by molar-refractivity contribution is -0.660. The molecule has 0 amide bonds. The highest BCUT2D eigenvalue weighted by Crippen LogP contribution is 2.62. The van der Waals surface area contributed by atoms with Gasteiger partial charge in [-0.15, -0.1) is 0 Å². The molecule has 0 saturated heterocycles. The molecule has 0 atom stereocenters. The van der Waals surface area contributed by atoms with Crippen molar-refractivity contribution in [2.75, 3.05) is 0 Å². The third-order valence-electron chi connectivity index (χ3n) is 18.5. The fourth-order valence-electron chi connectivity index (χ4n) is 13.9. The summed E-state index contributed by atoms with van der Waals surface area (Å²) < 4.78 is 4.61. The molecule has 0 bridgehead atoms. The lowest BCUT2D eigenvalue weighted by Gasteiger charge is -2.42. The van der Waals surface area contributed by atoms with Gasteiger partial charge in [-0.25, -0.2) is 9.13 Å². The minimum atomic E-state index is -1.79. The molecule has 0 radical (unpaired) electrons. The first-order valence-electron chi connectivity index (χ1n) is 28.2. The fourth-order valence-corrected chi connectivity index (χ4v) is 23.2. The van der Waals surface area contributed by atoms with Crippen molar-refractivity contribution in [3.8, 4) is 67.0 Å². The van der Waals surface area contributed by atoms with Gasteiger partial charge < -0.3 is 0 Å². The largest absolute Gasteiger partial charge is 0.212 e. The molecule has 3 heterocycles. The van der Waals surface area contributed by atoms with Crippen LogP contribution in [0.2, 0.25) is 26.2 Å². The highest BCUT2D eigenvalue weighted by Gasteiger charge is 2.54. The van der Waals surface area contributed by atoms with Gasteiger partial charge in [0, 0.05) is 45.2 Å². The van der Waals surface area contributed by atoms with E-state index in [2.05, 4.69) is 297 Å². The zero-order valence-corrected chi connectivity index (χ0v) is 49.9. The van der Waals surface area contributed by atoms with Crippen molar-refractivity contribution < 1.29 is 9.13 Å². The summed E-state index contributed by atoms with van der Waals surface area (Å²) in [7, 11) is 0.850. The summed E-state index contributed by atoms with van der Waals surface area (Å²) in [5.74, 6) is 0.